The first kappa shape index (κ1) is 30.1. The Hall–Kier alpha value is -4.58. The van der Waals surface area contributed by atoms with E-state index in [1.807, 2.05) is 97.1 Å². The van der Waals surface area contributed by atoms with Crippen molar-refractivity contribution in [3.05, 3.63) is 131 Å². The summed E-state index contributed by atoms with van der Waals surface area (Å²) in [5.74, 6) is 3.09. The Morgan fingerprint density at radius 3 is 1.83 bits per heavy atom. The number of carbonyl (C=O) groups is 2. The van der Waals surface area contributed by atoms with Gasteiger partial charge in [0.1, 0.15) is 25.0 Å². The van der Waals surface area contributed by atoms with Gasteiger partial charge in [-0.05, 0) is 108 Å². The summed E-state index contributed by atoms with van der Waals surface area (Å²) in [5.41, 5.74) is 5.32. The number of hydrogen-bond donors (Lipinski definition) is 2. The molecule has 4 aromatic carbocycles. The van der Waals surface area contributed by atoms with Crippen molar-refractivity contribution >= 4 is 17.7 Å². The first-order valence-electron chi connectivity index (χ1n) is 16.6. The molecular weight excluding hydrogens is 572 g/mol. The molecule has 236 valence electrons. The van der Waals surface area contributed by atoms with Crippen LogP contribution < -0.4 is 15.4 Å². The van der Waals surface area contributed by atoms with Crippen molar-refractivity contribution in [2.75, 3.05) is 5.32 Å². The molecule has 6 heteroatoms. The summed E-state index contributed by atoms with van der Waals surface area (Å²) < 4.78 is 11.4. The van der Waals surface area contributed by atoms with Gasteiger partial charge in [-0.1, -0.05) is 84.9 Å². The summed E-state index contributed by atoms with van der Waals surface area (Å²) in [6.07, 6.45) is 7.82. The maximum atomic E-state index is 13.7. The van der Waals surface area contributed by atoms with E-state index < -0.39 is 12.1 Å². The Morgan fingerprint density at radius 1 is 0.674 bits per heavy atom. The van der Waals surface area contributed by atoms with E-state index in [2.05, 4.69) is 22.8 Å². The number of ether oxygens (including phenoxy) is 2. The summed E-state index contributed by atoms with van der Waals surface area (Å²) in [4.78, 5) is 26.5. The SMILES string of the molecule is O=C(N[C@@H](Cc1ccc(OCc2ccccc2)cc1)C(=O)Nc1ccc(C23CC4CC(CC(C4)C2)C3)cc1)OCc1ccccc1. The number of amides is 2. The molecule has 0 radical (unpaired) electrons. The number of anilines is 1. The third-order valence-electron chi connectivity index (χ3n) is 10.2. The van der Waals surface area contributed by atoms with Crippen LogP contribution in [0.4, 0.5) is 10.5 Å². The van der Waals surface area contributed by atoms with E-state index >= 15 is 0 Å². The number of carbonyl (C=O) groups excluding carboxylic acids is 2. The van der Waals surface area contributed by atoms with Gasteiger partial charge in [0.2, 0.25) is 5.91 Å². The van der Waals surface area contributed by atoms with Gasteiger partial charge in [-0.3, -0.25) is 4.79 Å². The zero-order valence-electron chi connectivity index (χ0n) is 26.2. The van der Waals surface area contributed by atoms with Gasteiger partial charge < -0.3 is 20.1 Å². The Labute approximate surface area is 271 Å². The Morgan fingerprint density at radius 2 is 1.24 bits per heavy atom. The molecule has 2 N–H and O–H groups in total. The quantitative estimate of drug-likeness (QED) is 0.179. The van der Waals surface area contributed by atoms with E-state index in [1.165, 1.54) is 44.1 Å². The lowest BCUT2D eigenvalue weighted by Gasteiger charge is -2.57. The van der Waals surface area contributed by atoms with Gasteiger partial charge >= 0.3 is 6.09 Å². The van der Waals surface area contributed by atoms with Crippen LogP contribution in [0.2, 0.25) is 0 Å². The minimum absolute atomic E-state index is 0.125. The minimum Gasteiger partial charge on any atom is -0.489 e. The van der Waals surface area contributed by atoms with Crippen molar-refractivity contribution in [1.29, 1.82) is 0 Å². The molecule has 1 atom stereocenters. The van der Waals surface area contributed by atoms with Gasteiger partial charge in [0, 0.05) is 12.1 Å². The average molecular weight is 615 g/mol. The number of benzene rings is 4. The van der Waals surface area contributed by atoms with E-state index in [0.717, 1.165) is 45.9 Å². The minimum atomic E-state index is -0.831. The van der Waals surface area contributed by atoms with Crippen molar-refractivity contribution in [2.24, 2.45) is 17.8 Å². The van der Waals surface area contributed by atoms with Gasteiger partial charge in [0.15, 0.2) is 0 Å². The standard InChI is InChI=1S/C40H42N2O4/c43-38(41-35-15-13-34(14-16-35)40-23-31-19-32(24-40)21-33(20-31)25-40)37(42-39(44)46-27-30-9-5-2-6-10-30)22-28-11-17-36(18-12-28)45-26-29-7-3-1-4-8-29/h1-18,31-33,37H,19-27H2,(H,41,43)(H,42,44)/t31?,32?,33?,37-,40?/m0/s1. The van der Waals surface area contributed by atoms with Crippen LogP contribution in [-0.2, 0) is 34.6 Å². The highest BCUT2D eigenvalue weighted by Crippen LogP contribution is 2.60. The summed E-state index contributed by atoms with van der Waals surface area (Å²) in [6.45, 7) is 0.599. The molecule has 2 amide bonds. The largest absolute Gasteiger partial charge is 0.489 e. The van der Waals surface area contributed by atoms with E-state index in [0.29, 0.717) is 18.4 Å². The zero-order valence-corrected chi connectivity index (χ0v) is 26.2. The van der Waals surface area contributed by atoms with Crippen LogP contribution in [0.25, 0.3) is 0 Å². The second-order valence-corrected chi connectivity index (χ2v) is 13.6. The molecule has 4 fully saturated rings. The van der Waals surface area contributed by atoms with Crippen molar-refractivity contribution in [1.82, 2.24) is 5.32 Å². The molecule has 4 aliphatic carbocycles. The molecular formula is C40H42N2O4. The second-order valence-electron chi connectivity index (χ2n) is 13.6. The predicted molar refractivity (Wildman–Crippen MR) is 179 cm³/mol. The maximum absolute atomic E-state index is 13.7. The van der Waals surface area contributed by atoms with Crippen LogP contribution in [0.15, 0.2) is 109 Å². The summed E-state index contributed by atoms with van der Waals surface area (Å²) >= 11 is 0. The number of nitrogens with one attached hydrogen (secondary N) is 2. The van der Waals surface area contributed by atoms with Gasteiger partial charge in [0.05, 0.1) is 0 Å². The van der Waals surface area contributed by atoms with Crippen molar-refractivity contribution < 1.29 is 19.1 Å². The lowest BCUT2D eigenvalue weighted by atomic mass is 9.48. The van der Waals surface area contributed by atoms with Crippen molar-refractivity contribution in [3.63, 3.8) is 0 Å². The van der Waals surface area contributed by atoms with Crippen LogP contribution in [0.3, 0.4) is 0 Å². The third kappa shape index (κ3) is 7.12. The highest BCUT2D eigenvalue weighted by atomic mass is 16.5. The smallest absolute Gasteiger partial charge is 0.408 e. The van der Waals surface area contributed by atoms with E-state index in [1.54, 1.807) is 0 Å². The van der Waals surface area contributed by atoms with Crippen molar-refractivity contribution in [2.45, 2.75) is 69.6 Å². The molecule has 0 aromatic heterocycles. The fraction of sp³-hybridized carbons (Fsp3) is 0.350. The second kappa shape index (κ2) is 13.4. The third-order valence-corrected chi connectivity index (χ3v) is 10.2. The maximum Gasteiger partial charge on any atom is 0.408 e. The monoisotopic (exact) mass is 614 g/mol. The Bertz CT molecular complexity index is 1580. The fourth-order valence-electron chi connectivity index (χ4n) is 8.42. The predicted octanol–water partition coefficient (Wildman–Crippen LogP) is 8.21. The molecule has 46 heavy (non-hydrogen) atoms. The highest BCUT2D eigenvalue weighted by molar-refractivity contribution is 5.96. The molecule has 6 nitrogen and oxygen atoms in total. The summed E-state index contributed by atoms with van der Waals surface area (Å²) in [5, 5.41) is 5.87. The Balaban J connectivity index is 1.01. The zero-order chi connectivity index (χ0) is 31.3. The number of alkyl carbamates (subject to hydrolysis) is 1. The van der Waals surface area contributed by atoms with Gasteiger partial charge in [-0.25, -0.2) is 4.79 Å². The molecule has 0 spiro atoms. The Kier molecular flexibility index (Phi) is 8.78. The van der Waals surface area contributed by atoms with E-state index in [4.69, 9.17) is 9.47 Å². The molecule has 4 aromatic rings. The molecule has 4 aliphatic rings. The lowest BCUT2D eigenvalue weighted by molar-refractivity contribution is -0.118. The first-order chi connectivity index (χ1) is 22.5. The normalized spacial score (nSPS) is 23.3. The van der Waals surface area contributed by atoms with Crippen LogP contribution in [-0.4, -0.2) is 18.0 Å². The highest BCUT2D eigenvalue weighted by Gasteiger charge is 2.51. The molecule has 0 aliphatic heterocycles. The molecule has 8 rings (SSSR count). The topological polar surface area (TPSA) is 76.7 Å². The van der Waals surface area contributed by atoms with Crippen LogP contribution in [0, 0.1) is 17.8 Å². The van der Waals surface area contributed by atoms with E-state index in [9.17, 15) is 9.59 Å². The molecule has 0 heterocycles. The van der Waals surface area contributed by atoms with Gasteiger partial charge in [0.25, 0.3) is 0 Å². The van der Waals surface area contributed by atoms with Crippen LogP contribution in [0.1, 0.15) is 60.8 Å². The van der Waals surface area contributed by atoms with Crippen LogP contribution in [0.5, 0.6) is 5.75 Å². The lowest BCUT2D eigenvalue weighted by Crippen LogP contribution is -2.48. The molecule has 4 saturated carbocycles. The summed E-state index contributed by atoms with van der Waals surface area (Å²) in [7, 11) is 0. The van der Waals surface area contributed by atoms with Crippen molar-refractivity contribution in [3.8, 4) is 5.75 Å². The van der Waals surface area contributed by atoms with Gasteiger partial charge in [-0.15, -0.1) is 0 Å². The molecule has 0 saturated heterocycles. The average Bonchev–Trinajstić information content (AvgIpc) is 3.07. The van der Waals surface area contributed by atoms with Crippen LogP contribution >= 0.6 is 0 Å². The van der Waals surface area contributed by atoms with E-state index in [-0.39, 0.29) is 12.5 Å². The fourth-order valence-corrected chi connectivity index (χ4v) is 8.42. The van der Waals surface area contributed by atoms with Gasteiger partial charge in [-0.2, -0.15) is 0 Å². The number of hydrogen-bond acceptors (Lipinski definition) is 4. The summed E-state index contributed by atoms with van der Waals surface area (Å²) in [6, 6.07) is 34.8. The first-order valence-corrected chi connectivity index (χ1v) is 16.6. The molecule has 4 bridgehead atoms. The number of rotatable bonds is 11. The molecule has 0 unspecified atom stereocenters.